The number of hydrogen-bond acceptors (Lipinski definition) is 5. The lowest BCUT2D eigenvalue weighted by Gasteiger charge is -2.46. The lowest BCUT2D eigenvalue weighted by Crippen LogP contribution is -2.57. The molecule has 0 saturated carbocycles. The number of nitrogens with zero attached hydrogens (tertiary/aromatic N) is 3. The van der Waals surface area contributed by atoms with Gasteiger partial charge in [-0.3, -0.25) is 9.80 Å². The molecule has 1 atom stereocenters. The molecular formula is C12H16N4S2. The van der Waals surface area contributed by atoms with Crippen molar-refractivity contribution in [1.82, 2.24) is 19.8 Å². The van der Waals surface area contributed by atoms with Gasteiger partial charge in [-0.15, -0.1) is 0 Å². The summed E-state index contributed by atoms with van der Waals surface area (Å²) in [6, 6.07) is 0.421. The Balaban J connectivity index is 1.73. The average Bonchev–Trinajstić information content (AvgIpc) is 2.89. The Kier molecular flexibility index (Phi) is 2.72. The van der Waals surface area contributed by atoms with E-state index in [2.05, 4.69) is 19.8 Å². The summed E-state index contributed by atoms with van der Waals surface area (Å²) >= 11 is 7.37. The van der Waals surface area contributed by atoms with Crippen molar-refractivity contribution in [3.8, 4) is 0 Å². The minimum Gasteiger partial charge on any atom is -0.345 e. The average molecular weight is 280 g/mol. The number of aromatic amines is 1. The quantitative estimate of drug-likeness (QED) is 0.790. The molecule has 2 bridgehead atoms. The molecule has 3 fully saturated rings. The maximum atomic E-state index is 5.45. The predicted octanol–water partition coefficient (Wildman–Crippen LogP) is 1.56. The van der Waals surface area contributed by atoms with Crippen molar-refractivity contribution in [1.29, 1.82) is 0 Å². The number of nitrogens with one attached hydrogen (secondary N) is 1. The molecule has 1 N–H and O–H groups in total. The van der Waals surface area contributed by atoms with Crippen LogP contribution in [0.4, 0.5) is 0 Å². The van der Waals surface area contributed by atoms with Crippen molar-refractivity contribution in [2.24, 2.45) is 0 Å². The van der Waals surface area contributed by atoms with Crippen LogP contribution in [0.3, 0.4) is 0 Å². The normalized spacial score (nSPS) is 33.7. The highest BCUT2D eigenvalue weighted by Gasteiger charge is 2.34. The molecule has 5 rings (SSSR count). The second-order valence-electron chi connectivity index (χ2n) is 5.23. The van der Waals surface area contributed by atoms with Gasteiger partial charge in [0.2, 0.25) is 0 Å². The Bertz CT molecular complexity index is 533. The van der Waals surface area contributed by atoms with Gasteiger partial charge in [0.25, 0.3) is 0 Å². The largest absolute Gasteiger partial charge is 0.345 e. The van der Waals surface area contributed by atoms with Crippen LogP contribution in [0.5, 0.6) is 0 Å². The number of rotatable bonds is 1. The molecule has 18 heavy (non-hydrogen) atoms. The summed E-state index contributed by atoms with van der Waals surface area (Å²) < 4.78 is 0.821. The number of thioether (sulfide) groups is 1. The summed E-state index contributed by atoms with van der Waals surface area (Å²) in [5, 5.41) is 0. The smallest absolute Gasteiger partial charge is 0.134 e. The minimum atomic E-state index is 0.421. The molecule has 4 nitrogen and oxygen atoms in total. The van der Waals surface area contributed by atoms with Crippen molar-refractivity contribution in [3.63, 3.8) is 0 Å². The number of H-pyrrole nitrogens is 1. The summed E-state index contributed by atoms with van der Waals surface area (Å²) in [6.07, 6.45) is 0. The van der Waals surface area contributed by atoms with E-state index in [0.717, 1.165) is 28.5 Å². The molecule has 4 aliphatic rings. The van der Waals surface area contributed by atoms with Crippen LogP contribution in [0, 0.1) is 4.64 Å². The van der Waals surface area contributed by atoms with Gasteiger partial charge in [-0.05, 0) is 0 Å². The van der Waals surface area contributed by atoms with Crippen LogP contribution in [0.2, 0.25) is 0 Å². The van der Waals surface area contributed by atoms with Gasteiger partial charge < -0.3 is 4.98 Å². The van der Waals surface area contributed by atoms with Gasteiger partial charge in [-0.2, -0.15) is 11.8 Å². The van der Waals surface area contributed by atoms with E-state index in [1.165, 1.54) is 37.4 Å². The van der Waals surface area contributed by atoms with Crippen molar-refractivity contribution < 1.29 is 0 Å². The fourth-order valence-electron chi connectivity index (χ4n) is 3.13. The molecular weight excluding hydrogens is 264 g/mol. The van der Waals surface area contributed by atoms with Crippen molar-refractivity contribution in [2.75, 3.05) is 32.7 Å². The molecule has 4 aliphatic heterocycles. The third-order valence-electron chi connectivity index (χ3n) is 4.21. The van der Waals surface area contributed by atoms with E-state index in [4.69, 9.17) is 12.2 Å². The number of aromatic nitrogens is 2. The van der Waals surface area contributed by atoms with Crippen molar-refractivity contribution in [2.45, 2.75) is 17.5 Å². The van der Waals surface area contributed by atoms with E-state index in [1.807, 2.05) is 11.8 Å². The first-order valence-corrected chi connectivity index (χ1v) is 8.04. The maximum absolute atomic E-state index is 5.45. The van der Waals surface area contributed by atoms with Crippen LogP contribution >= 0.6 is 24.0 Å². The van der Waals surface area contributed by atoms with E-state index < -0.39 is 0 Å². The molecule has 5 heterocycles. The van der Waals surface area contributed by atoms with Gasteiger partial charge in [0.05, 0.1) is 6.04 Å². The highest BCUT2D eigenvalue weighted by Crippen LogP contribution is 2.32. The zero-order valence-electron chi connectivity index (χ0n) is 10.2. The first kappa shape index (κ1) is 11.4. The summed E-state index contributed by atoms with van der Waals surface area (Å²) in [6.45, 7) is 5.85. The van der Waals surface area contributed by atoms with Gasteiger partial charge >= 0.3 is 0 Å². The zero-order valence-corrected chi connectivity index (χ0v) is 11.8. The highest BCUT2D eigenvalue weighted by atomic mass is 32.2. The molecule has 3 saturated heterocycles. The maximum Gasteiger partial charge on any atom is 0.134 e. The second kappa shape index (κ2) is 4.30. The molecule has 0 radical (unpaired) electrons. The fraction of sp³-hybridized carbons (Fsp3) is 0.667. The Morgan fingerprint density at radius 2 is 2.06 bits per heavy atom. The molecule has 0 aliphatic carbocycles. The molecule has 1 aromatic rings. The van der Waals surface area contributed by atoms with Gasteiger partial charge in [0.1, 0.15) is 10.5 Å². The molecule has 6 heteroatoms. The summed E-state index contributed by atoms with van der Waals surface area (Å²) in [5.74, 6) is 3.18. The van der Waals surface area contributed by atoms with Crippen LogP contribution in [0.15, 0.2) is 0 Å². The number of piperazine rings is 3. The van der Waals surface area contributed by atoms with Crippen LogP contribution in [0.1, 0.15) is 23.1 Å². The Hall–Kier alpha value is -0.430. The Morgan fingerprint density at radius 1 is 1.22 bits per heavy atom. The number of fused-ring (bicyclic) bond motifs is 4. The molecule has 1 unspecified atom stereocenters. The standard InChI is InChI=1S/C12H16N4S2/c17-12-8-6-18-7-9(8)13-11(14-12)10-5-15-1-3-16(10)4-2-15/h10H,1-7H2,(H,13,14,17). The Morgan fingerprint density at radius 3 is 2.78 bits per heavy atom. The lowest BCUT2D eigenvalue weighted by atomic mass is 10.1. The third kappa shape index (κ3) is 1.74. The third-order valence-corrected chi connectivity index (χ3v) is 5.53. The molecule has 0 aromatic carbocycles. The Labute approximate surface area is 116 Å². The first-order valence-electron chi connectivity index (χ1n) is 6.47. The summed E-state index contributed by atoms with van der Waals surface area (Å²) in [4.78, 5) is 13.3. The van der Waals surface area contributed by atoms with Crippen molar-refractivity contribution >= 4 is 24.0 Å². The lowest BCUT2D eigenvalue weighted by molar-refractivity contribution is 0.00852. The van der Waals surface area contributed by atoms with Gasteiger partial charge in [-0.1, -0.05) is 12.2 Å². The molecule has 0 spiro atoms. The predicted molar refractivity (Wildman–Crippen MR) is 75.2 cm³/mol. The van der Waals surface area contributed by atoms with Gasteiger partial charge in [-0.25, -0.2) is 4.98 Å². The topological polar surface area (TPSA) is 35.2 Å². The SMILES string of the molecule is S=c1nc(C2CN3CCN2CC3)[nH]c2c1CSC2. The highest BCUT2D eigenvalue weighted by molar-refractivity contribution is 7.98. The first-order chi connectivity index (χ1) is 8.81. The molecule has 96 valence electrons. The van der Waals surface area contributed by atoms with E-state index >= 15 is 0 Å². The van der Waals surface area contributed by atoms with Gasteiger partial charge in [0.15, 0.2) is 0 Å². The van der Waals surface area contributed by atoms with E-state index in [0.29, 0.717) is 6.04 Å². The fourth-order valence-corrected chi connectivity index (χ4v) is 4.58. The van der Waals surface area contributed by atoms with Crippen LogP contribution in [-0.2, 0) is 11.5 Å². The summed E-state index contributed by atoms with van der Waals surface area (Å²) in [7, 11) is 0. The van der Waals surface area contributed by atoms with Gasteiger partial charge in [0, 0.05) is 55.5 Å². The van der Waals surface area contributed by atoms with E-state index in [1.54, 1.807) is 0 Å². The molecule has 0 amide bonds. The van der Waals surface area contributed by atoms with Crippen LogP contribution < -0.4 is 0 Å². The molecule has 1 aromatic heterocycles. The second-order valence-corrected chi connectivity index (χ2v) is 6.60. The van der Waals surface area contributed by atoms with Crippen molar-refractivity contribution in [3.05, 3.63) is 21.7 Å². The minimum absolute atomic E-state index is 0.421. The summed E-state index contributed by atoms with van der Waals surface area (Å²) in [5.41, 5.74) is 2.57. The monoisotopic (exact) mass is 280 g/mol. The van der Waals surface area contributed by atoms with Crippen LogP contribution in [-0.4, -0.2) is 52.5 Å². The van der Waals surface area contributed by atoms with Crippen LogP contribution in [0.25, 0.3) is 0 Å². The zero-order chi connectivity index (χ0) is 12.1. The van der Waals surface area contributed by atoms with E-state index in [9.17, 15) is 0 Å². The number of hydrogen-bond donors (Lipinski definition) is 1. The van der Waals surface area contributed by atoms with E-state index in [-0.39, 0.29) is 0 Å².